The molecule has 1 aromatic carbocycles. The van der Waals surface area contributed by atoms with E-state index in [1.165, 1.54) is 5.30 Å². The minimum absolute atomic E-state index is 0. The van der Waals surface area contributed by atoms with Crippen molar-refractivity contribution in [2.24, 2.45) is 0 Å². The zero-order valence-electron chi connectivity index (χ0n) is 13.9. The number of rotatable bonds is 1. The maximum atomic E-state index is 9.75. The summed E-state index contributed by atoms with van der Waals surface area (Å²) in [4.78, 5) is 0. The average molecular weight is 310 g/mol. The van der Waals surface area contributed by atoms with Crippen LogP contribution in [0.5, 0.6) is 0 Å². The van der Waals surface area contributed by atoms with Gasteiger partial charge in [0.25, 0.3) is 0 Å². The fourth-order valence-corrected chi connectivity index (χ4v) is 6.39. The minimum Gasteiger partial charge on any atom is -0.418 e. The van der Waals surface area contributed by atoms with Gasteiger partial charge in [-0.3, -0.25) is 0 Å². The van der Waals surface area contributed by atoms with E-state index in [1.807, 2.05) is 0 Å². The summed E-state index contributed by atoms with van der Waals surface area (Å²) in [5.41, 5.74) is 0. The molecule has 0 aliphatic carbocycles. The molecule has 1 aromatic rings. The summed E-state index contributed by atoms with van der Waals surface area (Å²) in [6, 6.07) is 11.0. The van der Waals surface area contributed by atoms with Crippen LogP contribution in [0.25, 0.3) is 0 Å². The first-order valence-corrected chi connectivity index (χ1v) is 7.80. The van der Waals surface area contributed by atoms with Crippen molar-refractivity contribution in [2.45, 2.75) is 51.9 Å². The van der Waals surface area contributed by atoms with E-state index in [0.29, 0.717) is 10.3 Å². The molecule has 0 unspecified atom stereocenters. The van der Waals surface area contributed by atoms with Crippen molar-refractivity contribution < 1.29 is 18.7 Å². The molecule has 1 rings (SSSR count). The van der Waals surface area contributed by atoms with Gasteiger partial charge in [-0.2, -0.15) is 0 Å². The number of hydrogen-bond acceptors (Lipinski definition) is 0. The lowest BCUT2D eigenvalue weighted by Gasteiger charge is -2.41. The van der Waals surface area contributed by atoms with Gasteiger partial charge in [0.15, 0.2) is 0 Å². The van der Waals surface area contributed by atoms with Crippen LogP contribution in [0.4, 0.5) is 17.3 Å². The van der Waals surface area contributed by atoms with Gasteiger partial charge in [-0.15, -0.1) is 0 Å². The smallest absolute Gasteiger partial charge is 0.418 e. The lowest BCUT2D eigenvalue weighted by molar-refractivity contribution is 0.368. The van der Waals surface area contributed by atoms with Crippen LogP contribution in [-0.4, -0.2) is 17.6 Å². The molecule has 0 heterocycles. The highest BCUT2D eigenvalue weighted by Gasteiger charge is 2.35. The topological polar surface area (TPSA) is 0 Å². The SMILES string of the molecule is CC(C)(C)P(c1ccccc1)C(C)(C)C.F[B-](F)(F)F.[H+]. The maximum Gasteiger partial charge on any atom is 1.00 e. The first-order chi connectivity index (χ1) is 8.73. The molecule has 0 nitrogen and oxygen atoms in total. The van der Waals surface area contributed by atoms with E-state index in [4.69, 9.17) is 0 Å². The minimum atomic E-state index is -6.00. The highest BCUT2D eigenvalue weighted by molar-refractivity contribution is 7.68. The second-order valence-corrected chi connectivity index (χ2v) is 10.4. The third kappa shape index (κ3) is 8.57. The van der Waals surface area contributed by atoms with Crippen molar-refractivity contribution in [1.29, 1.82) is 0 Å². The second kappa shape index (κ2) is 6.93. The molecule has 6 heteroatoms. The Morgan fingerprint density at radius 3 is 1.35 bits per heavy atom. The largest absolute Gasteiger partial charge is 1.00 e. The van der Waals surface area contributed by atoms with Gasteiger partial charge < -0.3 is 17.3 Å². The summed E-state index contributed by atoms with van der Waals surface area (Å²) < 4.78 is 39.0. The van der Waals surface area contributed by atoms with Crippen molar-refractivity contribution in [1.82, 2.24) is 0 Å². The first-order valence-electron chi connectivity index (χ1n) is 6.45. The Balaban J connectivity index is 0. The van der Waals surface area contributed by atoms with E-state index in [0.717, 1.165) is 0 Å². The van der Waals surface area contributed by atoms with E-state index in [1.54, 1.807) is 0 Å². The Kier molecular flexibility index (Phi) is 6.73. The normalized spacial score (nSPS) is 12.9. The summed E-state index contributed by atoms with van der Waals surface area (Å²) in [6.07, 6.45) is 0. The average Bonchev–Trinajstić information content (AvgIpc) is 2.11. The standard InChI is InChI=1S/C14H23P.BF4/c1-13(2,3)15(14(4,5)6)12-10-8-7-9-11-12;2-1(3,4)5/h7-11H,1-6H3;/q;-1/p+1. The molecular formula is C14H24BF4P. The summed E-state index contributed by atoms with van der Waals surface area (Å²) >= 11 is 0. The Hall–Kier alpha value is -0.565. The Bertz CT molecular complexity index is 376. The quantitative estimate of drug-likeness (QED) is 0.349. The summed E-state index contributed by atoms with van der Waals surface area (Å²) in [5.74, 6) is 0. The van der Waals surface area contributed by atoms with Gasteiger partial charge in [0.1, 0.15) is 0 Å². The number of hydrogen-bond donors (Lipinski definition) is 0. The van der Waals surface area contributed by atoms with Crippen LogP contribution in [0, 0.1) is 0 Å². The van der Waals surface area contributed by atoms with Crippen LogP contribution in [-0.2, 0) is 0 Å². The molecule has 0 saturated heterocycles. The highest BCUT2D eigenvalue weighted by atomic mass is 31.1. The third-order valence-electron chi connectivity index (χ3n) is 2.36. The van der Waals surface area contributed by atoms with Crippen LogP contribution in [0.1, 0.15) is 43.0 Å². The second-order valence-electron chi connectivity index (χ2n) is 6.51. The van der Waals surface area contributed by atoms with Gasteiger partial charge in [0, 0.05) is 0 Å². The predicted octanol–water partition coefficient (Wildman–Crippen LogP) is 5.80. The maximum absolute atomic E-state index is 9.75. The Labute approximate surface area is 122 Å². The zero-order valence-corrected chi connectivity index (χ0v) is 13.8. The summed E-state index contributed by atoms with van der Waals surface area (Å²) in [5, 5.41) is 2.26. The summed E-state index contributed by atoms with van der Waals surface area (Å²) in [6.45, 7) is 14.1. The molecule has 0 amide bonds. The third-order valence-corrected chi connectivity index (χ3v) is 5.85. The summed E-state index contributed by atoms with van der Waals surface area (Å²) in [7, 11) is -6.14. The van der Waals surface area contributed by atoms with Gasteiger partial charge in [0.2, 0.25) is 0 Å². The van der Waals surface area contributed by atoms with E-state index < -0.39 is 7.25 Å². The van der Waals surface area contributed by atoms with Crippen LogP contribution < -0.4 is 5.30 Å². The lowest BCUT2D eigenvalue weighted by atomic mass is 10.2. The number of halogens is 4. The molecular weight excluding hydrogens is 286 g/mol. The molecule has 0 aliphatic rings. The fourth-order valence-electron chi connectivity index (χ4n) is 2.36. The van der Waals surface area contributed by atoms with Crippen LogP contribution >= 0.6 is 7.92 Å². The molecule has 0 atom stereocenters. The molecule has 20 heavy (non-hydrogen) atoms. The molecule has 0 aromatic heterocycles. The van der Waals surface area contributed by atoms with Gasteiger partial charge in [-0.25, -0.2) is 0 Å². The van der Waals surface area contributed by atoms with E-state index in [-0.39, 0.29) is 9.35 Å². The molecule has 0 radical (unpaired) electrons. The fraction of sp³-hybridized carbons (Fsp3) is 0.571. The van der Waals surface area contributed by atoms with Crippen molar-refractivity contribution in [3.05, 3.63) is 30.3 Å². The molecule has 0 spiro atoms. The molecule has 0 saturated carbocycles. The molecule has 0 N–H and O–H groups in total. The Morgan fingerprint density at radius 2 is 1.10 bits per heavy atom. The van der Waals surface area contributed by atoms with Crippen molar-refractivity contribution in [3.63, 3.8) is 0 Å². The van der Waals surface area contributed by atoms with Gasteiger partial charge in [0.05, 0.1) is 0 Å². The highest BCUT2D eigenvalue weighted by Crippen LogP contribution is 2.57. The molecule has 0 fully saturated rings. The van der Waals surface area contributed by atoms with Crippen LogP contribution in [0.3, 0.4) is 0 Å². The van der Waals surface area contributed by atoms with Gasteiger partial charge >= 0.3 is 8.68 Å². The van der Waals surface area contributed by atoms with Crippen LogP contribution in [0.15, 0.2) is 30.3 Å². The lowest BCUT2D eigenvalue weighted by Crippen LogP contribution is -2.30. The van der Waals surface area contributed by atoms with Crippen molar-refractivity contribution in [3.8, 4) is 0 Å². The van der Waals surface area contributed by atoms with Crippen molar-refractivity contribution >= 4 is 20.5 Å². The van der Waals surface area contributed by atoms with E-state index in [2.05, 4.69) is 71.9 Å². The first kappa shape index (κ1) is 19.4. The van der Waals surface area contributed by atoms with Gasteiger partial charge in [-0.1, -0.05) is 79.8 Å². The monoisotopic (exact) mass is 310 g/mol. The molecule has 0 bridgehead atoms. The Morgan fingerprint density at radius 1 is 0.800 bits per heavy atom. The van der Waals surface area contributed by atoms with Gasteiger partial charge in [-0.05, 0) is 15.6 Å². The van der Waals surface area contributed by atoms with E-state index in [9.17, 15) is 17.3 Å². The van der Waals surface area contributed by atoms with Crippen LogP contribution in [0.2, 0.25) is 0 Å². The molecule has 0 aliphatic heterocycles. The zero-order chi connectivity index (χ0) is 16.2. The molecule has 116 valence electrons. The number of benzene rings is 1. The predicted molar refractivity (Wildman–Crippen MR) is 83.8 cm³/mol. The van der Waals surface area contributed by atoms with E-state index >= 15 is 0 Å². The van der Waals surface area contributed by atoms with Crippen molar-refractivity contribution in [2.75, 3.05) is 0 Å².